The predicted octanol–water partition coefficient (Wildman–Crippen LogP) is 2.05. The Bertz CT molecular complexity index is 234. The zero-order valence-corrected chi connectivity index (χ0v) is 8.74. The fourth-order valence-electron chi connectivity index (χ4n) is 0.676. The van der Waals surface area contributed by atoms with E-state index >= 15 is 0 Å². The van der Waals surface area contributed by atoms with Crippen LogP contribution in [0.2, 0.25) is 0 Å². The Morgan fingerprint density at radius 2 is 1.31 bits per heavy atom. The van der Waals surface area contributed by atoms with Crippen LogP contribution in [0.15, 0.2) is 0 Å². The van der Waals surface area contributed by atoms with Crippen molar-refractivity contribution >= 4 is 23.2 Å². The molecule has 0 aromatic heterocycles. The Morgan fingerprint density at radius 1 is 0.938 bits per heavy atom. The highest BCUT2D eigenvalue weighted by Gasteiger charge is 2.61. The Balaban J connectivity index is 4.86. The first kappa shape index (κ1) is 16.1. The van der Waals surface area contributed by atoms with Gasteiger partial charge in [-0.25, -0.2) is 13.2 Å². The molecule has 0 fully saturated rings. The Hall–Kier alpha value is 0.0800. The van der Waals surface area contributed by atoms with E-state index in [1.165, 1.54) is 0 Å². The lowest BCUT2D eigenvalue weighted by Crippen LogP contribution is -2.55. The quantitative estimate of drug-likeness (QED) is 0.463. The van der Waals surface area contributed by atoms with Crippen molar-refractivity contribution in [1.29, 1.82) is 0 Å². The van der Waals surface area contributed by atoms with Crippen LogP contribution in [-0.4, -0.2) is 45.5 Å². The van der Waals surface area contributed by atoms with Crippen LogP contribution in [0.3, 0.4) is 0 Å². The lowest BCUT2D eigenvalue weighted by Gasteiger charge is -2.30. The first-order chi connectivity index (χ1) is 6.93. The summed E-state index contributed by atoms with van der Waals surface area (Å²) in [5.41, 5.74) is 0. The second kappa shape index (κ2) is 5.16. The molecule has 2 nitrogen and oxygen atoms in total. The van der Waals surface area contributed by atoms with Crippen molar-refractivity contribution in [1.82, 2.24) is 0 Å². The fraction of sp³-hybridized carbons (Fsp3) is 1.00. The van der Waals surface area contributed by atoms with E-state index in [0.717, 1.165) is 0 Å². The molecule has 0 aliphatic carbocycles. The van der Waals surface area contributed by atoms with Crippen LogP contribution < -0.4 is 0 Å². The van der Waals surface area contributed by atoms with Crippen molar-refractivity contribution in [3.8, 4) is 0 Å². The fourth-order valence-corrected chi connectivity index (χ4v) is 1.22. The number of halogens is 8. The summed E-state index contributed by atoms with van der Waals surface area (Å²) < 4.78 is 73.5. The third kappa shape index (κ3) is 3.28. The molecule has 0 saturated carbocycles. The van der Waals surface area contributed by atoms with Crippen molar-refractivity contribution in [3.63, 3.8) is 0 Å². The van der Waals surface area contributed by atoms with Gasteiger partial charge in [0.15, 0.2) is 6.17 Å². The highest BCUT2D eigenvalue weighted by atomic mass is 35.5. The normalized spacial score (nSPS) is 19.7. The zero-order chi connectivity index (χ0) is 13.3. The van der Waals surface area contributed by atoms with Crippen LogP contribution >= 0.6 is 23.2 Å². The molecule has 0 aromatic carbocycles. The van der Waals surface area contributed by atoms with Crippen LogP contribution in [0.1, 0.15) is 0 Å². The third-order valence-corrected chi connectivity index (χ3v) is 2.76. The maximum absolute atomic E-state index is 12.7. The molecule has 3 unspecified atom stereocenters. The molecule has 16 heavy (non-hydrogen) atoms. The standard InChI is InChI=1S/C6H6Cl2F6O2/c7-1(2(9)4(10)11)3(8)5(12,13)6(14,15)16/h1-4,15-16H. The number of rotatable bonds is 5. The van der Waals surface area contributed by atoms with Gasteiger partial charge >= 0.3 is 12.0 Å². The van der Waals surface area contributed by atoms with Crippen LogP contribution in [0.25, 0.3) is 0 Å². The molecular weight excluding hydrogens is 289 g/mol. The van der Waals surface area contributed by atoms with E-state index in [9.17, 15) is 26.3 Å². The Labute approximate surface area is 95.8 Å². The molecule has 0 rings (SSSR count). The second-order valence-corrected chi connectivity index (χ2v) is 3.81. The molecule has 0 spiro atoms. The number of alkyl halides is 8. The summed E-state index contributed by atoms with van der Waals surface area (Å²) in [6.07, 6.45) is -6.98. The lowest BCUT2D eigenvalue weighted by atomic mass is 10.1. The SMILES string of the molecule is OC(O)(F)C(F)(F)C(Cl)C(Cl)C(F)C(F)F. The number of aliphatic hydroxyl groups is 2. The second-order valence-electron chi connectivity index (χ2n) is 2.84. The van der Waals surface area contributed by atoms with Gasteiger partial charge in [-0.1, -0.05) is 0 Å². The molecule has 0 heterocycles. The smallest absolute Gasteiger partial charge is 0.335 e. The molecule has 0 saturated heterocycles. The summed E-state index contributed by atoms with van der Waals surface area (Å²) in [7, 11) is 0. The van der Waals surface area contributed by atoms with Gasteiger partial charge in [0.05, 0.1) is 5.38 Å². The summed E-state index contributed by atoms with van der Waals surface area (Å²) in [5, 5.41) is 10.2. The average molecular weight is 295 g/mol. The highest BCUT2D eigenvalue weighted by molar-refractivity contribution is 6.30. The van der Waals surface area contributed by atoms with Gasteiger partial charge in [0.2, 0.25) is 0 Å². The van der Waals surface area contributed by atoms with Crippen molar-refractivity contribution in [2.75, 3.05) is 0 Å². The van der Waals surface area contributed by atoms with E-state index in [4.69, 9.17) is 33.4 Å². The minimum Gasteiger partial charge on any atom is -0.335 e. The van der Waals surface area contributed by atoms with Gasteiger partial charge in [0.25, 0.3) is 6.43 Å². The molecule has 0 amide bonds. The largest absolute Gasteiger partial charge is 0.382 e. The zero-order valence-electron chi connectivity index (χ0n) is 7.23. The van der Waals surface area contributed by atoms with Crippen molar-refractivity contribution < 1.29 is 36.6 Å². The van der Waals surface area contributed by atoms with Gasteiger partial charge in [-0.15, -0.1) is 23.2 Å². The number of hydrogen-bond donors (Lipinski definition) is 2. The molecule has 98 valence electrons. The lowest BCUT2D eigenvalue weighted by molar-refractivity contribution is -0.366. The monoisotopic (exact) mass is 294 g/mol. The molecule has 2 N–H and O–H groups in total. The Kier molecular flexibility index (Phi) is 5.18. The molecule has 0 aromatic rings. The maximum atomic E-state index is 12.7. The summed E-state index contributed by atoms with van der Waals surface area (Å²) in [5.74, 6) is -5.11. The van der Waals surface area contributed by atoms with Crippen LogP contribution in [-0.2, 0) is 0 Å². The van der Waals surface area contributed by atoms with Gasteiger partial charge in [0, 0.05) is 0 Å². The van der Waals surface area contributed by atoms with E-state index in [1.54, 1.807) is 0 Å². The maximum Gasteiger partial charge on any atom is 0.382 e. The topological polar surface area (TPSA) is 40.5 Å². The van der Waals surface area contributed by atoms with E-state index in [2.05, 4.69) is 0 Å². The van der Waals surface area contributed by atoms with E-state index in [0.29, 0.717) is 0 Å². The van der Waals surface area contributed by atoms with Crippen LogP contribution in [0.5, 0.6) is 0 Å². The summed E-state index contributed by atoms with van der Waals surface area (Å²) in [4.78, 5) is 0. The molecule has 3 atom stereocenters. The van der Waals surface area contributed by atoms with Gasteiger partial charge in [0.1, 0.15) is 5.38 Å². The van der Waals surface area contributed by atoms with Gasteiger partial charge in [-0.2, -0.15) is 13.2 Å². The molecule has 0 aliphatic heterocycles. The Morgan fingerprint density at radius 3 is 1.56 bits per heavy atom. The minimum absolute atomic E-state index is 2.70. The molecule has 10 heteroatoms. The number of hydrogen-bond acceptors (Lipinski definition) is 2. The molecule has 0 bridgehead atoms. The third-order valence-electron chi connectivity index (χ3n) is 1.59. The first-order valence-corrected chi connectivity index (χ1v) is 4.52. The van der Waals surface area contributed by atoms with Gasteiger partial charge in [-0.3, -0.25) is 0 Å². The summed E-state index contributed by atoms with van der Waals surface area (Å²) >= 11 is 9.54. The van der Waals surface area contributed by atoms with Crippen LogP contribution in [0.4, 0.5) is 26.3 Å². The van der Waals surface area contributed by atoms with Gasteiger partial charge < -0.3 is 10.2 Å². The van der Waals surface area contributed by atoms with Gasteiger partial charge in [-0.05, 0) is 0 Å². The predicted molar refractivity (Wildman–Crippen MR) is 43.4 cm³/mol. The minimum atomic E-state index is -5.11. The highest BCUT2D eigenvalue weighted by Crippen LogP contribution is 2.39. The van der Waals surface area contributed by atoms with Crippen molar-refractivity contribution in [3.05, 3.63) is 0 Å². The molecule has 0 radical (unpaired) electrons. The van der Waals surface area contributed by atoms with Crippen molar-refractivity contribution in [2.24, 2.45) is 0 Å². The summed E-state index contributed by atoms with van der Waals surface area (Å²) in [6, 6.07) is -5.09. The average Bonchev–Trinajstić information content (AvgIpc) is 2.12. The van der Waals surface area contributed by atoms with Crippen LogP contribution in [0, 0.1) is 0 Å². The summed E-state index contributed by atoms with van der Waals surface area (Å²) in [6.45, 7) is 0. The first-order valence-electron chi connectivity index (χ1n) is 3.64. The van der Waals surface area contributed by atoms with E-state index < -0.39 is 35.3 Å². The van der Waals surface area contributed by atoms with Crippen molar-refractivity contribution in [2.45, 2.75) is 35.3 Å². The van der Waals surface area contributed by atoms with E-state index in [1.807, 2.05) is 0 Å². The molecule has 0 aliphatic rings. The molecular formula is C6H6Cl2F6O2. The van der Waals surface area contributed by atoms with E-state index in [-0.39, 0.29) is 0 Å².